The molecule has 1 rings (SSSR count). The van der Waals surface area contributed by atoms with Crippen molar-refractivity contribution in [1.82, 2.24) is 15.5 Å². The average molecular weight is 397 g/mol. The van der Waals surface area contributed by atoms with Crippen LogP contribution in [-0.4, -0.2) is 54.8 Å². The molecule has 0 spiro atoms. The molecule has 0 bridgehead atoms. The third-order valence-electron chi connectivity index (χ3n) is 3.98. The molecule has 0 aliphatic carbocycles. The quantitative estimate of drug-likeness (QED) is 0.563. The molecule has 1 aromatic rings. The highest BCUT2D eigenvalue weighted by molar-refractivity contribution is 6.31. The fourth-order valence-electron chi connectivity index (χ4n) is 2.36. The van der Waals surface area contributed by atoms with Gasteiger partial charge in [0, 0.05) is 17.3 Å². The number of hydrogen-bond donors (Lipinski definition) is 3. The second-order valence-electron chi connectivity index (χ2n) is 6.39. The van der Waals surface area contributed by atoms with E-state index in [0.29, 0.717) is 23.8 Å². The van der Waals surface area contributed by atoms with Crippen LogP contribution in [0.15, 0.2) is 18.2 Å². The molecule has 3 N–H and O–H groups in total. The van der Waals surface area contributed by atoms with E-state index < -0.39 is 6.04 Å². The van der Waals surface area contributed by atoms with Gasteiger partial charge in [0.15, 0.2) is 0 Å². The summed E-state index contributed by atoms with van der Waals surface area (Å²) in [5.74, 6) is -0.756. The number of carbonyl (C=O) groups excluding carboxylic acids is 3. The fourth-order valence-corrected chi connectivity index (χ4v) is 2.53. The Morgan fingerprint density at radius 3 is 2.44 bits per heavy atom. The SMILES string of the molecule is CCCNC(=O)C(C)NC(=O)CN(CC)CC(=O)Nc1cc(Cl)ccc1C. The van der Waals surface area contributed by atoms with Gasteiger partial charge in [0.2, 0.25) is 17.7 Å². The molecule has 0 saturated carbocycles. The van der Waals surface area contributed by atoms with Crippen molar-refractivity contribution in [2.75, 3.05) is 31.5 Å². The van der Waals surface area contributed by atoms with Gasteiger partial charge in [-0.25, -0.2) is 0 Å². The number of benzene rings is 1. The van der Waals surface area contributed by atoms with Crippen molar-refractivity contribution in [3.8, 4) is 0 Å². The van der Waals surface area contributed by atoms with Gasteiger partial charge in [0.05, 0.1) is 13.1 Å². The number of anilines is 1. The van der Waals surface area contributed by atoms with E-state index in [4.69, 9.17) is 11.6 Å². The third kappa shape index (κ3) is 8.41. The van der Waals surface area contributed by atoms with E-state index in [9.17, 15) is 14.4 Å². The molecule has 27 heavy (non-hydrogen) atoms. The number of nitrogens with one attached hydrogen (secondary N) is 3. The minimum absolute atomic E-state index is 0.0316. The summed E-state index contributed by atoms with van der Waals surface area (Å²) >= 11 is 5.96. The molecule has 1 aromatic carbocycles. The van der Waals surface area contributed by atoms with E-state index in [2.05, 4.69) is 16.0 Å². The average Bonchev–Trinajstić information content (AvgIpc) is 2.61. The first-order chi connectivity index (χ1) is 12.8. The summed E-state index contributed by atoms with van der Waals surface area (Å²) in [5.41, 5.74) is 1.55. The van der Waals surface area contributed by atoms with Crippen LogP contribution in [0.2, 0.25) is 5.02 Å². The molecule has 0 aliphatic rings. The molecule has 1 atom stereocenters. The summed E-state index contributed by atoms with van der Waals surface area (Å²) in [6, 6.07) is 4.65. The van der Waals surface area contributed by atoms with Gasteiger partial charge in [0.1, 0.15) is 6.04 Å². The Bertz CT molecular complexity index is 666. The van der Waals surface area contributed by atoms with Crippen molar-refractivity contribution in [3.63, 3.8) is 0 Å². The predicted molar refractivity (Wildman–Crippen MR) is 108 cm³/mol. The van der Waals surface area contributed by atoms with Gasteiger partial charge in [-0.05, 0) is 44.5 Å². The van der Waals surface area contributed by atoms with Crippen LogP contribution in [-0.2, 0) is 14.4 Å². The summed E-state index contributed by atoms with van der Waals surface area (Å²) in [7, 11) is 0. The van der Waals surface area contributed by atoms with Crippen LogP contribution in [0.3, 0.4) is 0 Å². The topological polar surface area (TPSA) is 90.5 Å². The van der Waals surface area contributed by atoms with Crippen LogP contribution >= 0.6 is 11.6 Å². The maximum atomic E-state index is 12.3. The highest BCUT2D eigenvalue weighted by atomic mass is 35.5. The lowest BCUT2D eigenvalue weighted by Crippen LogP contribution is -2.48. The van der Waals surface area contributed by atoms with Crippen LogP contribution in [0, 0.1) is 6.92 Å². The standard InChI is InChI=1S/C19H29ClN4O3/c1-5-9-21-19(27)14(4)22-17(25)11-24(6-2)12-18(26)23-16-10-15(20)8-7-13(16)3/h7-8,10,14H,5-6,9,11-12H2,1-4H3,(H,21,27)(H,22,25)(H,23,26). The highest BCUT2D eigenvalue weighted by Crippen LogP contribution is 2.20. The lowest BCUT2D eigenvalue weighted by atomic mass is 10.2. The molecule has 7 nitrogen and oxygen atoms in total. The Labute approximate surface area is 165 Å². The number of rotatable bonds is 10. The molecular weight excluding hydrogens is 368 g/mol. The maximum Gasteiger partial charge on any atom is 0.242 e. The Hall–Kier alpha value is -2.12. The molecule has 0 radical (unpaired) electrons. The second kappa shape index (κ2) is 11.6. The van der Waals surface area contributed by atoms with Crippen molar-refractivity contribution in [1.29, 1.82) is 0 Å². The lowest BCUT2D eigenvalue weighted by Gasteiger charge is -2.21. The number of amides is 3. The summed E-state index contributed by atoms with van der Waals surface area (Å²) in [5, 5.41) is 8.73. The first-order valence-corrected chi connectivity index (χ1v) is 9.50. The molecule has 0 heterocycles. The minimum Gasteiger partial charge on any atom is -0.354 e. The van der Waals surface area contributed by atoms with Crippen LogP contribution in [0.25, 0.3) is 0 Å². The normalized spacial score (nSPS) is 11.8. The van der Waals surface area contributed by atoms with Crippen molar-refractivity contribution in [2.45, 2.75) is 40.2 Å². The van der Waals surface area contributed by atoms with Gasteiger partial charge in [-0.3, -0.25) is 19.3 Å². The van der Waals surface area contributed by atoms with Crippen LogP contribution in [0.4, 0.5) is 5.69 Å². The molecular formula is C19H29ClN4O3. The number of aryl methyl sites for hydroxylation is 1. The van der Waals surface area contributed by atoms with E-state index in [0.717, 1.165) is 12.0 Å². The van der Waals surface area contributed by atoms with Gasteiger partial charge in [-0.2, -0.15) is 0 Å². The predicted octanol–water partition coefficient (Wildman–Crippen LogP) is 1.94. The van der Waals surface area contributed by atoms with Crippen molar-refractivity contribution in [3.05, 3.63) is 28.8 Å². The van der Waals surface area contributed by atoms with Crippen LogP contribution in [0.5, 0.6) is 0 Å². The Morgan fingerprint density at radius 2 is 1.81 bits per heavy atom. The Morgan fingerprint density at radius 1 is 1.15 bits per heavy atom. The van der Waals surface area contributed by atoms with Gasteiger partial charge in [0.25, 0.3) is 0 Å². The number of nitrogens with zero attached hydrogens (tertiary/aromatic N) is 1. The number of likely N-dealkylation sites (N-methyl/N-ethyl adjacent to an activating group) is 1. The molecule has 8 heteroatoms. The zero-order valence-corrected chi connectivity index (χ0v) is 17.2. The van der Waals surface area contributed by atoms with Gasteiger partial charge >= 0.3 is 0 Å². The van der Waals surface area contributed by atoms with Gasteiger partial charge in [-0.15, -0.1) is 0 Å². The zero-order valence-electron chi connectivity index (χ0n) is 16.4. The van der Waals surface area contributed by atoms with Crippen molar-refractivity contribution < 1.29 is 14.4 Å². The molecule has 0 aliphatic heterocycles. The van der Waals surface area contributed by atoms with Crippen molar-refractivity contribution in [2.24, 2.45) is 0 Å². The largest absolute Gasteiger partial charge is 0.354 e. The van der Waals surface area contributed by atoms with E-state index in [1.165, 1.54) is 0 Å². The van der Waals surface area contributed by atoms with E-state index in [1.807, 2.05) is 26.8 Å². The summed E-state index contributed by atoms with van der Waals surface area (Å²) in [6.07, 6.45) is 0.831. The maximum absolute atomic E-state index is 12.3. The monoisotopic (exact) mass is 396 g/mol. The highest BCUT2D eigenvalue weighted by Gasteiger charge is 2.18. The Kier molecular flexibility index (Phi) is 9.82. The first-order valence-electron chi connectivity index (χ1n) is 9.12. The van der Waals surface area contributed by atoms with Gasteiger partial charge in [-0.1, -0.05) is 31.5 Å². The molecule has 0 fully saturated rings. The molecule has 0 aromatic heterocycles. The third-order valence-corrected chi connectivity index (χ3v) is 4.21. The van der Waals surface area contributed by atoms with Crippen molar-refractivity contribution >= 4 is 35.0 Å². The van der Waals surface area contributed by atoms with Crippen LogP contribution < -0.4 is 16.0 Å². The smallest absolute Gasteiger partial charge is 0.242 e. The second-order valence-corrected chi connectivity index (χ2v) is 6.83. The summed E-state index contributed by atoms with van der Waals surface area (Å²) in [6.45, 7) is 8.52. The fraction of sp³-hybridized carbons (Fsp3) is 0.526. The van der Waals surface area contributed by atoms with E-state index in [1.54, 1.807) is 24.0 Å². The number of carbonyl (C=O) groups is 3. The summed E-state index contributed by atoms with van der Waals surface area (Å²) < 4.78 is 0. The van der Waals surface area contributed by atoms with Gasteiger partial charge < -0.3 is 16.0 Å². The zero-order chi connectivity index (χ0) is 20.4. The first kappa shape index (κ1) is 22.9. The molecule has 1 unspecified atom stereocenters. The minimum atomic E-state index is -0.620. The van der Waals surface area contributed by atoms with Crippen LogP contribution in [0.1, 0.15) is 32.8 Å². The van der Waals surface area contributed by atoms with E-state index >= 15 is 0 Å². The van der Waals surface area contributed by atoms with E-state index in [-0.39, 0.29) is 30.8 Å². The molecule has 0 saturated heterocycles. The number of halogens is 1. The summed E-state index contributed by atoms with van der Waals surface area (Å²) in [4.78, 5) is 38.0. The number of hydrogen-bond acceptors (Lipinski definition) is 4. The lowest BCUT2D eigenvalue weighted by molar-refractivity contribution is -0.129. The Balaban J connectivity index is 2.52. The molecule has 150 valence electrons. The molecule has 3 amide bonds.